The molecule has 0 fully saturated rings. The van der Waals surface area contributed by atoms with Gasteiger partial charge in [0.15, 0.2) is 0 Å². The number of methoxy groups -OCH3 is 1. The van der Waals surface area contributed by atoms with Gasteiger partial charge in [-0.05, 0) is 20.3 Å². The third-order valence-electron chi connectivity index (χ3n) is 2.06. The number of hydrogen-bond acceptors (Lipinski definition) is 3. The number of amides is 1. The van der Waals surface area contributed by atoms with Gasteiger partial charge in [-0.3, -0.25) is 4.79 Å². The van der Waals surface area contributed by atoms with Crippen molar-refractivity contribution in [2.75, 3.05) is 20.2 Å². The molecule has 4 nitrogen and oxygen atoms in total. The Labute approximate surface area is 86.4 Å². The first kappa shape index (κ1) is 13.4. The molecule has 0 saturated heterocycles. The van der Waals surface area contributed by atoms with Gasteiger partial charge in [0.1, 0.15) is 0 Å². The van der Waals surface area contributed by atoms with Gasteiger partial charge in [0, 0.05) is 20.2 Å². The van der Waals surface area contributed by atoms with Crippen molar-refractivity contribution in [2.24, 2.45) is 0 Å². The lowest BCUT2D eigenvalue weighted by Gasteiger charge is -2.16. The molecule has 0 bridgehead atoms. The molecule has 0 aliphatic heterocycles. The van der Waals surface area contributed by atoms with Crippen molar-refractivity contribution in [1.29, 1.82) is 0 Å². The topological polar surface area (TPSA) is 50.4 Å². The van der Waals surface area contributed by atoms with E-state index in [2.05, 4.69) is 10.6 Å². The minimum atomic E-state index is -0.154. The van der Waals surface area contributed by atoms with Gasteiger partial charge in [-0.25, -0.2) is 0 Å². The van der Waals surface area contributed by atoms with Crippen LogP contribution >= 0.6 is 0 Å². The predicted molar refractivity (Wildman–Crippen MR) is 57.2 cm³/mol. The van der Waals surface area contributed by atoms with Gasteiger partial charge in [0.2, 0.25) is 5.91 Å². The number of rotatable bonds is 7. The summed E-state index contributed by atoms with van der Waals surface area (Å²) in [4.78, 5) is 11.4. The van der Waals surface area contributed by atoms with Gasteiger partial charge >= 0.3 is 0 Å². The van der Waals surface area contributed by atoms with Crippen LogP contribution in [0, 0.1) is 0 Å². The zero-order valence-electron chi connectivity index (χ0n) is 9.59. The van der Waals surface area contributed by atoms with Crippen LogP contribution in [0.25, 0.3) is 0 Å². The van der Waals surface area contributed by atoms with Crippen molar-refractivity contribution in [3.05, 3.63) is 0 Å². The van der Waals surface area contributed by atoms with Crippen LogP contribution in [0.4, 0.5) is 0 Å². The van der Waals surface area contributed by atoms with Crippen LogP contribution in [0.15, 0.2) is 0 Å². The molecule has 0 aliphatic rings. The highest BCUT2D eigenvalue weighted by Crippen LogP contribution is 1.87. The van der Waals surface area contributed by atoms with Crippen molar-refractivity contribution in [3.63, 3.8) is 0 Å². The minimum absolute atomic E-state index is 0.0511. The Morgan fingerprint density at radius 2 is 2.07 bits per heavy atom. The summed E-state index contributed by atoms with van der Waals surface area (Å²) in [6, 6.07) is -0.154. The molecular weight excluding hydrogens is 180 g/mol. The minimum Gasteiger partial charge on any atom is -0.380 e. The standard InChI is InChI=1S/C10H22N2O2/c1-5-6-11-10(13)9(3)12-7-8(2)14-4/h8-9,12H,5-7H2,1-4H3,(H,11,13). The number of hydrogen-bond donors (Lipinski definition) is 2. The van der Waals surface area contributed by atoms with Crippen LogP contribution < -0.4 is 10.6 Å². The van der Waals surface area contributed by atoms with E-state index in [0.29, 0.717) is 6.54 Å². The summed E-state index contributed by atoms with van der Waals surface area (Å²) in [6.07, 6.45) is 1.10. The average Bonchev–Trinajstić information content (AvgIpc) is 2.21. The maximum absolute atomic E-state index is 11.4. The SMILES string of the molecule is CCCNC(=O)C(C)NCC(C)OC. The summed E-state index contributed by atoms with van der Waals surface area (Å²) in [7, 11) is 1.66. The molecule has 84 valence electrons. The third-order valence-corrected chi connectivity index (χ3v) is 2.06. The summed E-state index contributed by atoms with van der Waals surface area (Å²) in [5.41, 5.74) is 0. The fourth-order valence-corrected chi connectivity index (χ4v) is 0.920. The Morgan fingerprint density at radius 3 is 2.57 bits per heavy atom. The Hall–Kier alpha value is -0.610. The van der Waals surface area contributed by atoms with Crippen molar-refractivity contribution in [1.82, 2.24) is 10.6 Å². The lowest BCUT2D eigenvalue weighted by molar-refractivity contribution is -0.122. The third kappa shape index (κ3) is 5.94. The molecule has 2 N–H and O–H groups in total. The molecule has 0 saturated carbocycles. The van der Waals surface area contributed by atoms with Gasteiger partial charge in [-0.15, -0.1) is 0 Å². The lowest BCUT2D eigenvalue weighted by atomic mass is 10.3. The number of carbonyl (C=O) groups is 1. The molecule has 0 heterocycles. The molecule has 0 aliphatic carbocycles. The van der Waals surface area contributed by atoms with Crippen LogP contribution in [-0.4, -0.2) is 38.3 Å². The summed E-state index contributed by atoms with van der Waals surface area (Å²) in [5.74, 6) is 0.0511. The average molecular weight is 202 g/mol. The molecule has 2 unspecified atom stereocenters. The second kappa shape index (κ2) is 7.76. The van der Waals surface area contributed by atoms with E-state index in [0.717, 1.165) is 13.0 Å². The summed E-state index contributed by atoms with van der Waals surface area (Å²) < 4.78 is 5.07. The van der Waals surface area contributed by atoms with Crippen molar-refractivity contribution in [3.8, 4) is 0 Å². The zero-order chi connectivity index (χ0) is 11.0. The van der Waals surface area contributed by atoms with Crippen molar-refractivity contribution in [2.45, 2.75) is 39.3 Å². The number of carbonyl (C=O) groups excluding carboxylic acids is 1. The van der Waals surface area contributed by atoms with Gasteiger partial charge in [-0.2, -0.15) is 0 Å². The van der Waals surface area contributed by atoms with Gasteiger partial charge in [-0.1, -0.05) is 6.92 Å². The molecule has 0 aromatic rings. The van der Waals surface area contributed by atoms with E-state index in [4.69, 9.17) is 4.74 Å². The van der Waals surface area contributed by atoms with E-state index >= 15 is 0 Å². The Bertz CT molecular complexity index is 162. The lowest BCUT2D eigenvalue weighted by Crippen LogP contribution is -2.44. The van der Waals surface area contributed by atoms with Gasteiger partial charge in [0.25, 0.3) is 0 Å². The first-order valence-corrected chi connectivity index (χ1v) is 5.15. The van der Waals surface area contributed by atoms with Crippen LogP contribution in [0.3, 0.4) is 0 Å². The largest absolute Gasteiger partial charge is 0.380 e. The molecule has 0 spiro atoms. The Kier molecular flexibility index (Phi) is 7.42. The van der Waals surface area contributed by atoms with Crippen molar-refractivity contribution < 1.29 is 9.53 Å². The number of ether oxygens (including phenoxy) is 1. The van der Waals surface area contributed by atoms with Gasteiger partial charge < -0.3 is 15.4 Å². The molecule has 0 aromatic carbocycles. The van der Waals surface area contributed by atoms with E-state index in [1.54, 1.807) is 7.11 Å². The monoisotopic (exact) mass is 202 g/mol. The molecule has 14 heavy (non-hydrogen) atoms. The predicted octanol–water partition coefficient (Wildman–Crippen LogP) is 0.526. The maximum Gasteiger partial charge on any atom is 0.236 e. The molecule has 0 rings (SSSR count). The van der Waals surface area contributed by atoms with E-state index in [-0.39, 0.29) is 18.1 Å². The molecule has 1 amide bonds. The van der Waals surface area contributed by atoms with Crippen LogP contribution in [0.1, 0.15) is 27.2 Å². The Morgan fingerprint density at radius 1 is 1.43 bits per heavy atom. The quantitative estimate of drug-likeness (QED) is 0.633. The smallest absolute Gasteiger partial charge is 0.236 e. The summed E-state index contributed by atoms with van der Waals surface area (Å²) in [5, 5.41) is 5.94. The second-order valence-electron chi connectivity index (χ2n) is 3.47. The van der Waals surface area contributed by atoms with E-state index < -0.39 is 0 Å². The molecule has 2 atom stereocenters. The summed E-state index contributed by atoms with van der Waals surface area (Å²) >= 11 is 0. The maximum atomic E-state index is 11.4. The van der Waals surface area contributed by atoms with Crippen LogP contribution in [0.5, 0.6) is 0 Å². The van der Waals surface area contributed by atoms with Crippen LogP contribution in [-0.2, 0) is 9.53 Å². The fourth-order valence-electron chi connectivity index (χ4n) is 0.920. The number of nitrogens with one attached hydrogen (secondary N) is 2. The van der Waals surface area contributed by atoms with E-state index in [1.807, 2.05) is 20.8 Å². The first-order chi connectivity index (χ1) is 6.61. The molecule has 0 aromatic heterocycles. The van der Waals surface area contributed by atoms with E-state index in [1.165, 1.54) is 0 Å². The first-order valence-electron chi connectivity index (χ1n) is 5.15. The molecule has 4 heteroatoms. The van der Waals surface area contributed by atoms with E-state index in [9.17, 15) is 4.79 Å². The molecule has 0 radical (unpaired) electrons. The fraction of sp³-hybridized carbons (Fsp3) is 0.900. The normalized spacial score (nSPS) is 14.9. The molecular formula is C10H22N2O2. The van der Waals surface area contributed by atoms with Crippen LogP contribution in [0.2, 0.25) is 0 Å². The van der Waals surface area contributed by atoms with Gasteiger partial charge in [0.05, 0.1) is 12.1 Å². The zero-order valence-corrected chi connectivity index (χ0v) is 9.59. The second-order valence-corrected chi connectivity index (χ2v) is 3.47. The highest BCUT2D eigenvalue weighted by Gasteiger charge is 2.11. The Balaban J connectivity index is 3.61. The van der Waals surface area contributed by atoms with Crippen molar-refractivity contribution >= 4 is 5.91 Å². The summed E-state index contributed by atoms with van der Waals surface area (Å²) in [6.45, 7) is 7.28. The highest BCUT2D eigenvalue weighted by molar-refractivity contribution is 5.81. The highest BCUT2D eigenvalue weighted by atomic mass is 16.5.